The molecule has 32 heavy (non-hydrogen) atoms. The molecule has 0 aliphatic carbocycles. The highest BCUT2D eigenvalue weighted by Crippen LogP contribution is 2.55. The average Bonchev–Trinajstić information content (AvgIpc) is 3.24. The lowest BCUT2D eigenvalue weighted by molar-refractivity contribution is -0.160. The van der Waals surface area contributed by atoms with Crippen LogP contribution in [0.15, 0.2) is 59.7 Å². The van der Waals surface area contributed by atoms with Crippen molar-refractivity contribution in [2.45, 2.75) is 44.1 Å². The van der Waals surface area contributed by atoms with E-state index in [1.165, 1.54) is 15.8 Å². The van der Waals surface area contributed by atoms with E-state index >= 15 is 0 Å². The van der Waals surface area contributed by atoms with Gasteiger partial charge in [0.15, 0.2) is 0 Å². The first-order valence-corrected chi connectivity index (χ1v) is 10.8. The van der Waals surface area contributed by atoms with E-state index in [9.17, 15) is 19.5 Å². The zero-order chi connectivity index (χ0) is 22.4. The number of hydrogen-bond acceptors (Lipinski definition) is 5. The molecule has 0 spiro atoms. The molecular weight excluding hydrogens is 408 g/mol. The lowest BCUT2D eigenvalue weighted by Gasteiger charge is -2.45. The largest absolute Gasteiger partial charge is 0.381 e. The number of fused-ring (bicyclic) bond motifs is 4. The second-order valence-corrected chi connectivity index (χ2v) is 9.15. The maximum absolute atomic E-state index is 13.8. The summed E-state index contributed by atoms with van der Waals surface area (Å²) in [6.45, 7) is 3.77. The number of aliphatic hydroxyl groups is 1. The minimum Gasteiger partial charge on any atom is -0.381 e. The molecule has 6 rings (SSSR count). The van der Waals surface area contributed by atoms with Crippen LogP contribution in [0.4, 0.5) is 5.69 Å². The highest BCUT2D eigenvalue weighted by atomic mass is 16.3. The van der Waals surface area contributed by atoms with Gasteiger partial charge in [0.1, 0.15) is 23.9 Å². The van der Waals surface area contributed by atoms with E-state index in [1.807, 2.05) is 26.0 Å². The molecule has 1 unspecified atom stereocenters. The Bertz CT molecular complexity index is 1370. The molecule has 0 saturated carbocycles. The van der Waals surface area contributed by atoms with Gasteiger partial charge in [-0.3, -0.25) is 23.9 Å². The van der Waals surface area contributed by atoms with Crippen molar-refractivity contribution in [3.05, 3.63) is 70.8 Å². The van der Waals surface area contributed by atoms with Crippen molar-refractivity contribution in [1.82, 2.24) is 14.5 Å². The summed E-state index contributed by atoms with van der Waals surface area (Å²) in [4.78, 5) is 48.0. The number of para-hydroxylation sites is 2. The third-order valence-corrected chi connectivity index (χ3v) is 7.06. The Morgan fingerprint density at radius 2 is 1.75 bits per heavy atom. The van der Waals surface area contributed by atoms with Gasteiger partial charge in [-0.2, -0.15) is 0 Å². The SMILES string of the molecule is CC(C)[C@H]1C(=O)N2c3ccccc3[C@]3(O)CC(n4cnc5ccccc5c4=O)C(=O)N1[C@H]23. The number of rotatable bonds is 2. The third-order valence-electron chi connectivity index (χ3n) is 7.06. The third kappa shape index (κ3) is 2.20. The maximum Gasteiger partial charge on any atom is 0.261 e. The number of nitrogens with zero attached hydrogens (tertiary/aromatic N) is 4. The van der Waals surface area contributed by atoms with E-state index in [2.05, 4.69) is 4.98 Å². The first-order valence-electron chi connectivity index (χ1n) is 10.8. The molecule has 2 amide bonds. The van der Waals surface area contributed by atoms with Gasteiger partial charge in [-0.05, 0) is 24.1 Å². The smallest absolute Gasteiger partial charge is 0.261 e. The van der Waals surface area contributed by atoms with Gasteiger partial charge in [-0.1, -0.05) is 44.2 Å². The first-order chi connectivity index (χ1) is 15.3. The number of aromatic nitrogens is 2. The van der Waals surface area contributed by atoms with Gasteiger partial charge in [0.05, 0.1) is 22.9 Å². The fourth-order valence-electron chi connectivity index (χ4n) is 5.70. The molecule has 2 aromatic carbocycles. The predicted molar refractivity (Wildman–Crippen MR) is 117 cm³/mol. The van der Waals surface area contributed by atoms with Crippen LogP contribution in [0, 0.1) is 5.92 Å². The molecule has 4 atom stereocenters. The molecule has 1 aromatic heterocycles. The average molecular weight is 430 g/mol. The van der Waals surface area contributed by atoms with Gasteiger partial charge in [0.25, 0.3) is 11.5 Å². The maximum atomic E-state index is 13.8. The van der Waals surface area contributed by atoms with Crippen LogP contribution >= 0.6 is 0 Å². The van der Waals surface area contributed by atoms with Crippen LogP contribution in [-0.4, -0.2) is 43.6 Å². The van der Waals surface area contributed by atoms with Crippen molar-refractivity contribution in [2.75, 3.05) is 4.90 Å². The van der Waals surface area contributed by atoms with Crippen molar-refractivity contribution in [3.63, 3.8) is 0 Å². The van der Waals surface area contributed by atoms with E-state index < -0.39 is 23.9 Å². The molecule has 0 radical (unpaired) electrons. The lowest BCUT2D eigenvalue weighted by Crippen LogP contribution is -2.61. The molecule has 8 nitrogen and oxygen atoms in total. The summed E-state index contributed by atoms with van der Waals surface area (Å²) >= 11 is 0. The quantitative estimate of drug-likeness (QED) is 0.669. The van der Waals surface area contributed by atoms with Gasteiger partial charge in [0.2, 0.25) is 5.91 Å². The molecule has 1 N–H and O–H groups in total. The molecule has 3 aliphatic heterocycles. The summed E-state index contributed by atoms with van der Waals surface area (Å²) in [6.07, 6.45) is 0.545. The number of carbonyl (C=O) groups is 2. The Balaban J connectivity index is 1.58. The minimum atomic E-state index is -1.49. The molecule has 162 valence electrons. The second kappa shape index (κ2) is 6.26. The highest BCUT2D eigenvalue weighted by molar-refractivity contribution is 6.07. The van der Waals surface area contributed by atoms with Gasteiger partial charge in [-0.25, -0.2) is 4.98 Å². The van der Waals surface area contributed by atoms with E-state index in [4.69, 9.17) is 0 Å². The molecule has 2 fully saturated rings. The predicted octanol–water partition coefficient (Wildman–Crippen LogP) is 1.77. The van der Waals surface area contributed by atoms with Crippen LogP contribution in [-0.2, 0) is 15.2 Å². The van der Waals surface area contributed by atoms with Crippen molar-refractivity contribution >= 4 is 28.4 Å². The zero-order valence-electron chi connectivity index (χ0n) is 17.7. The van der Waals surface area contributed by atoms with Gasteiger partial charge < -0.3 is 10.0 Å². The van der Waals surface area contributed by atoms with Crippen LogP contribution in [0.3, 0.4) is 0 Å². The fraction of sp³-hybridized carbons (Fsp3) is 0.333. The summed E-state index contributed by atoms with van der Waals surface area (Å²) in [5.74, 6) is -0.703. The number of carbonyl (C=O) groups excluding carboxylic acids is 2. The number of piperidine rings is 1. The Kier molecular flexibility index (Phi) is 3.75. The number of amides is 2. The van der Waals surface area contributed by atoms with Crippen molar-refractivity contribution in [2.24, 2.45) is 5.92 Å². The molecule has 0 bridgehead atoms. The van der Waals surface area contributed by atoms with E-state index in [0.717, 1.165) is 0 Å². The molecule has 8 heteroatoms. The Morgan fingerprint density at radius 1 is 1.03 bits per heavy atom. The summed E-state index contributed by atoms with van der Waals surface area (Å²) in [5, 5.41) is 12.4. The zero-order valence-corrected chi connectivity index (χ0v) is 17.7. The normalized spacial score (nSPS) is 28.6. The second-order valence-electron chi connectivity index (χ2n) is 9.15. The van der Waals surface area contributed by atoms with Crippen LogP contribution in [0.5, 0.6) is 0 Å². The Hall–Kier alpha value is -3.52. The van der Waals surface area contributed by atoms with Crippen molar-refractivity contribution < 1.29 is 14.7 Å². The standard InChI is InChI=1S/C24H22N4O4/c1-13(2)19-22(31)27-17-10-6-4-8-15(17)24(32)11-18(21(30)28(19)23(24)27)26-12-25-16-9-5-3-7-14(16)20(26)29/h3-10,12-13,18-19,23,32H,11H2,1-2H3/t18?,19-,23-,24+/m0/s1. The molecule has 2 saturated heterocycles. The number of benzene rings is 2. The highest BCUT2D eigenvalue weighted by Gasteiger charge is 2.67. The van der Waals surface area contributed by atoms with Crippen LogP contribution in [0.2, 0.25) is 0 Å². The molecule has 3 aliphatic rings. The summed E-state index contributed by atoms with van der Waals surface area (Å²) in [5.41, 5.74) is -0.0619. The van der Waals surface area contributed by atoms with Gasteiger partial charge in [-0.15, -0.1) is 0 Å². The van der Waals surface area contributed by atoms with E-state index in [-0.39, 0.29) is 29.7 Å². The number of anilines is 1. The van der Waals surface area contributed by atoms with E-state index in [0.29, 0.717) is 22.2 Å². The summed E-state index contributed by atoms with van der Waals surface area (Å²) in [7, 11) is 0. The fourth-order valence-corrected chi connectivity index (χ4v) is 5.70. The minimum absolute atomic E-state index is 0.0153. The molecule has 3 aromatic rings. The summed E-state index contributed by atoms with van der Waals surface area (Å²) < 4.78 is 1.31. The van der Waals surface area contributed by atoms with E-state index in [1.54, 1.807) is 41.3 Å². The topological polar surface area (TPSA) is 95.7 Å². The van der Waals surface area contributed by atoms with Crippen LogP contribution in [0.25, 0.3) is 10.9 Å². The molecule has 4 heterocycles. The lowest BCUT2D eigenvalue weighted by atomic mass is 9.81. The Morgan fingerprint density at radius 3 is 2.53 bits per heavy atom. The monoisotopic (exact) mass is 430 g/mol. The van der Waals surface area contributed by atoms with Crippen LogP contribution in [0.1, 0.15) is 31.9 Å². The van der Waals surface area contributed by atoms with Crippen molar-refractivity contribution in [1.29, 1.82) is 0 Å². The van der Waals surface area contributed by atoms with Gasteiger partial charge in [0, 0.05) is 12.0 Å². The van der Waals surface area contributed by atoms with Gasteiger partial charge >= 0.3 is 0 Å². The van der Waals surface area contributed by atoms with Crippen LogP contribution < -0.4 is 10.5 Å². The molecular formula is C24H22N4O4. The first kappa shape index (κ1) is 19.2. The van der Waals surface area contributed by atoms with Crippen molar-refractivity contribution in [3.8, 4) is 0 Å². The summed E-state index contributed by atoms with van der Waals surface area (Å²) in [6, 6.07) is 12.5. The Labute approximate surface area is 183 Å². The number of hydrogen-bond donors (Lipinski definition) is 1.